The van der Waals surface area contributed by atoms with E-state index in [-0.39, 0.29) is 19.1 Å². The Morgan fingerprint density at radius 3 is 1.51 bits per heavy atom. The lowest BCUT2D eigenvalue weighted by Gasteiger charge is -2.29. The maximum absolute atomic E-state index is 12.9. The van der Waals surface area contributed by atoms with Gasteiger partial charge in [-0.15, -0.1) is 0 Å². The fraction of sp³-hybridized carbons (Fsp3) is 0.820. The molecule has 3 unspecified atom stereocenters. The molecule has 0 heterocycles. The van der Waals surface area contributed by atoms with Gasteiger partial charge < -0.3 is 28.8 Å². The van der Waals surface area contributed by atoms with Crippen LogP contribution in [0.15, 0.2) is 48.6 Å². The first-order valence-electron chi connectivity index (χ1n) is 24.5. The smallest absolute Gasteiger partial charge is 0.268 e. The number of amides is 1. The predicted molar refractivity (Wildman–Crippen MR) is 251 cm³/mol. The SMILES string of the molecule is CC/C=C\C/C=C\C/C=C\CCCCCCCC(=O)NC(COP(=O)([O-])OCC[N+](C)(C)C)C(O)/C=C/CCCCCCCCCCCCCCCCCCCCCC. The van der Waals surface area contributed by atoms with Gasteiger partial charge in [-0.3, -0.25) is 9.36 Å². The van der Waals surface area contributed by atoms with Gasteiger partial charge in [0.1, 0.15) is 13.2 Å². The summed E-state index contributed by atoms with van der Waals surface area (Å²) >= 11 is 0. The molecule has 0 rings (SSSR count). The third-order valence-corrected chi connectivity index (χ3v) is 11.8. The molecule has 0 aromatic carbocycles. The second-order valence-corrected chi connectivity index (χ2v) is 19.2. The largest absolute Gasteiger partial charge is 0.756 e. The Kier molecular flexibility index (Phi) is 40.7. The summed E-state index contributed by atoms with van der Waals surface area (Å²) in [6, 6.07) is -0.896. The summed E-state index contributed by atoms with van der Waals surface area (Å²) in [6.07, 6.45) is 53.1. The molecule has 3 atom stereocenters. The zero-order valence-corrected chi connectivity index (χ0v) is 40.1. The van der Waals surface area contributed by atoms with Gasteiger partial charge in [0.2, 0.25) is 5.91 Å². The minimum absolute atomic E-state index is 0.00589. The number of likely N-dealkylation sites (N-methyl/N-ethyl adjacent to an activating group) is 1. The van der Waals surface area contributed by atoms with E-state index in [9.17, 15) is 19.4 Å². The monoisotopic (exact) mass is 851 g/mol. The van der Waals surface area contributed by atoms with E-state index in [0.29, 0.717) is 17.4 Å². The zero-order valence-electron chi connectivity index (χ0n) is 39.2. The average molecular weight is 851 g/mol. The summed E-state index contributed by atoms with van der Waals surface area (Å²) in [6.45, 7) is 4.53. The van der Waals surface area contributed by atoms with Crippen molar-refractivity contribution < 1.29 is 32.9 Å². The summed E-state index contributed by atoms with van der Waals surface area (Å²) in [7, 11) is 1.25. The van der Waals surface area contributed by atoms with Crippen molar-refractivity contribution in [2.45, 2.75) is 225 Å². The summed E-state index contributed by atoms with van der Waals surface area (Å²) < 4.78 is 23.2. The number of rotatable bonds is 44. The van der Waals surface area contributed by atoms with Crippen LogP contribution in [0.1, 0.15) is 213 Å². The fourth-order valence-electron chi connectivity index (χ4n) is 6.93. The molecule has 0 aliphatic heterocycles. The summed E-state index contributed by atoms with van der Waals surface area (Å²) in [5.41, 5.74) is 0. The van der Waals surface area contributed by atoms with Gasteiger partial charge in [0.15, 0.2) is 0 Å². The van der Waals surface area contributed by atoms with Crippen LogP contribution in [0.25, 0.3) is 0 Å². The molecule has 346 valence electrons. The number of hydrogen-bond donors (Lipinski definition) is 2. The molecule has 0 saturated heterocycles. The minimum Gasteiger partial charge on any atom is -0.756 e. The van der Waals surface area contributed by atoms with Gasteiger partial charge in [0, 0.05) is 6.42 Å². The Bertz CT molecular complexity index is 1100. The number of nitrogens with one attached hydrogen (secondary N) is 1. The highest BCUT2D eigenvalue weighted by Crippen LogP contribution is 2.38. The fourth-order valence-corrected chi connectivity index (χ4v) is 7.65. The Labute approximate surface area is 365 Å². The molecular formula is C50H95N2O6P. The van der Waals surface area contributed by atoms with Crippen LogP contribution in [0.2, 0.25) is 0 Å². The quantitative estimate of drug-likeness (QED) is 0.0274. The van der Waals surface area contributed by atoms with E-state index in [1.165, 1.54) is 116 Å². The molecule has 0 spiro atoms. The molecule has 0 radical (unpaired) electrons. The molecular weight excluding hydrogens is 756 g/mol. The number of aliphatic hydroxyl groups excluding tert-OH is 1. The average Bonchev–Trinajstić information content (AvgIpc) is 3.19. The number of aliphatic hydroxyl groups is 1. The van der Waals surface area contributed by atoms with Crippen molar-refractivity contribution in [2.75, 3.05) is 40.9 Å². The number of phosphoric ester groups is 1. The predicted octanol–water partition coefficient (Wildman–Crippen LogP) is 13.4. The molecule has 8 nitrogen and oxygen atoms in total. The van der Waals surface area contributed by atoms with Gasteiger partial charge in [-0.05, 0) is 51.4 Å². The van der Waals surface area contributed by atoms with E-state index in [4.69, 9.17) is 9.05 Å². The molecule has 0 aromatic rings. The molecule has 1 amide bonds. The Hall–Kier alpha value is -1.54. The van der Waals surface area contributed by atoms with Crippen molar-refractivity contribution in [3.05, 3.63) is 48.6 Å². The molecule has 0 aliphatic rings. The lowest BCUT2D eigenvalue weighted by Crippen LogP contribution is -2.45. The number of carbonyl (C=O) groups is 1. The van der Waals surface area contributed by atoms with Gasteiger partial charge in [-0.25, -0.2) is 0 Å². The molecule has 0 saturated carbocycles. The molecule has 0 bridgehead atoms. The maximum atomic E-state index is 12.9. The highest BCUT2D eigenvalue weighted by atomic mass is 31.2. The van der Waals surface area contributed by atoms with E-state index in [1.807, 2.05) is 27.2 Å². The van der Waals surface area contributed by atoms with Crippen LogP contribution >= 0.6 is 7.82 Å². The van der Waals surface area contributed by atoms with Crippen molar-refractivity contribution in [1.29, 1.82) is 0 Å². The van der Waals surface area contributed by atoms with Crippen LogP contribution in [-0.4, -0.2) is 68.5 Å². The van der Waals surface area contributed by atoms with Crippen LogP contribution in [0.4, 0.5) is 0 Å². The van der Waals surface area contributed by atoms with Crippen LogP contribution in [0.5, 0.6) is 0 Å². The Morgan fingerprint density at radius 2 is 1.03 bits per heavy atom. The number of hydrogen-bond acceptors (Lipinski definition) is 6. The highest BCUT2D eigenvalue weighted by Gasteiger charge is 2.23. The lowest BCUT2D eigenvalue weighted by atomic mass is 10.0. The molecule has 0 aliphatic carbocycles. The van der Waals surface area contributed by atoms with E-state index in [0.717, 1.165) is 77.0 Å². The van der Waals surface area contributed by atoms with Crippen molar-refractivity contribution in [3.63, 3.8) is 0 Å². The number of carbonyl (C=O) groups excluding carboxylic acids is 1. The van der Waals surface area contributed by atoms with Crippen LogP contribution < -0.4 is 10.2 Å². The van der Waals surface area contributed by atoms with E-state index in [2.05, 4.69) is 55.6 Å². The van der Waals surface area contributed by atoms with Gasteiger partial charge in [0.05, 0.1) is 39.9 Å². The van der Waals surface area contributed by atoms with E-state index < -0.39 is 20.0 Å². The number of allylic oxidation sites excluding steroid dienone is 7. The molecule has 9 heteroatoms. The summed E-state index contributed by atoms with van der Waals surface area (Å²) in [5, 5.41) is 13.8. The van der Waals surface area contributed by atoms with E-state index >= 15 is 0 Å². The second kappa shape index (κ2) is 41.8. The number of nitrogens with zero attached hydrogens (tertiary/aromatic N) is 1. The van der Waals surface area contributed by atoms with Crippen molar-refractivity contribution in [1.82, 2.24) is 5.32 Å². The van der Waals surface area contributed by atoms with Gasteiger partial charge in [-0.2, -0.15) is 0 Å². The minimum atomic E-state index is -4.60. The summed E-state index contributed by atoms with van der Waals surface area (Å²) in [4.78, 5) is 25.3. The Balaban J connectivity index is 4.34. The molecule has 0 fully saturated rings. The lowest BCUT2D eigenvalue weighted by molar-refractivity contribution is -0.870. The standard InChI is InChI=1S/C50H95N2O6P/c1-6-8-10-12-14-16-18-20-22-23-24-25-26-27-28-30-31-33-35-37-39-41-43-49(53)48(47-58-59(55,56)57-46-45-52(3,4)5)51-50(54)44-42-40-38-36-34-32-29-21-19-17-15-13-11-9-7-2/h9,11,15,17,21,29,41,43,48-49,53H,6-8,10,12-14,16,18-20,22-28,30-40,42,44-47H2,1-5H3,(H-,51,54,55,56)/b11-9-,17-15-,29-21-,43-41+. The zero-order chi connectivity index (χ0) is 43.6. The van der Waals surface area contributed by atoms with Crippen molar-refractivity contribution in [3.8, 4) is 0 Å². The molecule has 2 N–H and O–H groups in total. The first-order chi connectivity index (χ1) is 28.5. The van der Waals surface area contributed by atoms with Gasteiger partial charge in [0.25, 0.3) is 7.82 Å². The van der Waals surface area contributed by atoms with Gasteiger partial charge in [-0.1, -0.05) is 204 Å². The number of quaternary nitrogens is 1. The second-order valence-electron chi connectivity index (χ2n) is 17.8. The molecule has 59 heavy (non-hydrogen) atoms. The first-order valence-corrected chi connectivity index (χ1v) is 26.0. The van der Waals surface area contributed by atoms with Crippen LogP contribution in [-0.2, 0) is 18.4 Å². The van der Waals surface area contributed by atoms with Gasteiger partial charge >= 0.3 is 0 Å². The normalized spacial score (nSPS) is 14.6. The molecule has 0 aromatic heterocycles. The van der Waals surface area contributed by atoms with Crippen molar-refractivity contribution >= 4 is 13.7 Å². The summed E-state index contributed by atoms with van der Waals surface area (Å²) in [5.74, 6) is -0.215. The van der Waals surface area contributed by atoms with E-state index in [1.54, 1.807) is 6.08 Å². The third-order valence-electron chi connectivity index (χ3n) is 10.8. The van der Waals surface area contributed by atoms with Crippen LogP contribution in [0, 0.1) is 0 Å². The first kappa shape index (κ1) is 57.5. The maximum Gasteiger partial charge on any atom is 0.268 e. The van der Waals surface area contributed by atoms with Crippen LogP contribution in [0.3, 0.4) is 0 Å². The topological polar surface area (TPSA) is 108 Å². The number of unbranched alkanes of at least 4 members (excludes halogenated alkanes) is 25. The van der Waals surface area contributed by atoms with Crippen molar-refractivity contribution in [2.24, 2.45) is 0 Å². The third kappa shape index (κ3) is 44.3. The Morgan fingerprint density at radius 1 is 0.610 bits per heavy atom. The highest BCUT2D eigenvalue weighted by molar-refractivity contribution is 7.45. The number of phosphoric acid groups is 1.